The van der Waals surface area contributed by atoms with Crippen LogP contribution in [-0.2, 0) is 10.0 Å². The van der Waals surface area contributed by atoms with Crippen molar-refractivity contribution in [1.29, 1.82) is 0 Å². The molecule has 1 atom stereocenters. The number of aliphatic hydroxyl groups excluding tert-OH is 1. The Balaban J connectivity index is 1.69. The maximum absolute atomic E-state index is 13.1. The average molecular weight is 375 g/mol. The highest BCUT2D eigenvalue weighted by molar-refractivity contribution is 7.89. The van der Waals surface area contributed by atoms with Crippen molar-refractivity contribution >= 4 is 10.0 Å². The van der Waals surface area contributed by atoms with Gasteiger partial charge in [0, 0.05) is 12.1 Å². The van der Waals surface area contributed by atoms with Gasteiger partial charge < -0.3 is 9.52 Å². The van der Waals surface area contributed by atoms with Crippen LogP contribution in [0.3, 0.4) is 0 Å². The second-order valence-electron chi connectivity index (χ2n) is 5.88. The quantitative estimate of drug-likeness (QED) is 0.692. The predicted octanol–water partition coefficient (Wildman–Crippen LogP) is 3.41. The molecule has 3 aromatic rings. The van der Waals surface area contributed by atoms with E-state index in [-0.39, 0.29) is 11.4 Å². The smallest absolute Gasteiger partial charge is 0.240 e. The van der Waals surface area contributed by atoms with E-state index in [9.17, 15) is 17.9 Å². The molecule has 5 nitrogen and oxygen atoms in total. The summed E-state index contributed by atoms with van der Waals surface area (Å²) in [6, 6.07) is 14.0. The fourth-order valence-electron chi connectivity index (χ4n) is 2.61. The van der Waals surface area contributed by atoms with E-state index < -0.39 is 21.9 Å². The number of rotatable bonds is 6. The maximum Gasteiger partial charge on any atom is 0.240 e. The molecule has 0 bridgehead atoms. The van der Waals surface area contributed by atoms with Gasteiger partial charge in [0.05, 0.1) is 17.3 Å². The van der Waals surface area contributed by atoms with Crippen LogP contribution in [0.5, 0.6) is 0 Å². The molecule has 26 heavy (non-hydrogen) atoms. The molecule has 1 aromatic heterocycles. The van der Waals surface area contributed by atoms with Gasteiger partial charge in [-0.25, -0.2) is 17.5 Å². The van der Waals surface area contributed by atoms with Gasteiger partial charge in [-0.2, -0.15) is 0 Å². The molecule has 1 heterocycles. The van der Waals surface area contributed by atoms with E-state index in [1.165, 1.54) is 13.0 Å². The van der Waals surface area contributed by atoms with Crippen LogP contribution >= 0.6 is 0 Å². The van der Waals surface area contributed by atoms with E-state index in [1.54, 1.807) is 36.6 Å². The van der Waals surface area contributed by atoms with E-state index in [1.807, 2.05) is 6.07 Å². The first-order valence-electron chi connectivity index (χ1n) is 7.94. The van der Waals surface area contributed by atoms with Crippen molar-refractivity contribution in [1.82, 2.24) is 4.72 Å². The molecule has 0 fully saturated rings. The van der Waals surface area contributed by atoms with Gasteiger partial charge in [-0.3, -0.25) is 0 Å². The van der Waals surface area contributed by atoms with Gasteiger partial charge >= 0.3 is 0 Å². The largest absolute Gasteiger partial charge is 0.464 e. The Hall–Kier alpha value is -2.48. The summed E-state index contributed by atoms with van der Waals surface area (Å²) in [7, 11) is -3.85. The van der Waals surface area contributed by atoms with E-state index in [4.69, 9.17) is 4.42 Å². The number of aliphatic hydroxyl groups is 1. The molecular weight excluding hydrogens is 357 g/mol. The molecule has 2 aromatic carbocycles. The minimum atomic E-state index is -3.85. The number of halogens is 1. The van der Waals surface area contributed by atoms with Gasteiger partial charge in [-0.1, -0.05) is 24.3 Å². The lowest BCUT2D eigenvalue weighted by Gasteiger charge is -2.14. The lowest BCUT2D eigenvalue weighted by atomic mass is 10.1. The van der Waals surface area contributed by atoms with Crippen LogP contribution in [0.25, 0.3) is 11.3 Å². The van der Waals surface area contributed by atoms with Crippen molar-refractivity contribution in [3.63, 3.8) is 0 Å². The van der Waals surface area contributed by atoms with Crippen LogP contribution in [0.2, 0.25) is 0 Å². The Morgan fingerprint density at radius 1 is 1.15 bits per heavy atom. The molecule has 0 radical (unpaired) electrons. The van der Waals surface area contributed by atoms with Crippen LogP contribution in [0, 0.1) is 12.7 Å². The molecule has 0 aliphatic heterocycles. The zero-order valence-corrected chi connectivity index (χ0v) is 14.8. The zero-order valence-electron chi connectivity index (χ0n) is 14.0. The number of benzene rings is 2. The molecule has 3 rings (SSSR count). The fraction of sp³-hybridized carbons (Fsp3) is 0.158. The first-order chi connectivity index (χ1) is 12.4. The van der Waals surface area contributed by atoms with Crippen LogP contribution < -0.4 is 4.72 Å². The molecule has 0 aliphatic carbocycles. The van der Waals surface area contributed by atoms with Crippen LogP contribution in [0.1, 0.15) is 17.2 Å². The molecule has 7 heteroatoms. The molecule has 0 aliphatic rings. The average Bonchev–Trinajstić information content (AvgIpc) is 3.14. The molecule has 2 N–H and O–H groups in total. The SMILES string of the molecule is Cc1cc(F)ccc1S(=O)(=O)NCC(O)c1ccc(-c2ccco2)cc1. The molecule has 136 valence electrons. The van der Waals surface area contributed by atoms with E-state index in [2.05, 4.69) is 4.72 Å². The molecule has 0 saturated carbocycles. The third-order valence-electron chi connectivity index (χ3n) is 3.99. The number of furan rings is 1. The summed E-state index contributed by atoms with van der Waals surface area (Å²) in [6.07, 6.45) is 0.556. The summed E-state index contributed by atoms with van der Waals surface area (Å²) in [5.41, 5.74) is 1.72. The zero-order chi connectivity index (χ0) is 18.7. The summed E-state index contributed by atoms with van der Waals surface area (Å²) < 4.78 is 45.5. The summed E-state index contributed by atoms with van der Waals surface area (Å²) in [6.45, 7) is 1.32. The Morgan fingerprint density at radius 3 is 2.50 bits per heavy atom. The highest BCUT2D eigenvalue weighted by Crippen LogP contribution is 2.23. The van der Waals surface area contributed by atoms with Crippen molar-refractivity contribution in [2.75, 3.05) is 6.54 Å². The lowest BCUT2D eigenvalue weighted by molar-refractivity contribution is 0.182. The van der Waals surface area contributed by atoms with Crippen LogP contribution in [-0.4, -0.2) is 20.1 Å². The fourth-order valence-corrected chi connectivity index (χ4v) is 3.87. The van der Waals surface area contributed by atoms with Gasteiger partial charge in [0.25, 0.3) is 0 Å². The summed E-state index contributed by atoms with van der Waals surface area (Å²) in [5.74, 6) is 0.205. The Bertz CT molecular complexity index is 983. The van der Waals surface area contributed by atoms with Crippen LogP contribution in [0.4, 0.5) is 4.39 Å². The van der Waals surface area contributed by atoms with Gasteiger partial charge in [0.1, 0.15) is 11.6 Å². The van der Waals surface area contributed by atoms with Crippen molar-refractivity contribution in [2.45, 2.75) is 17.9 Å². The number of nitrogens with one attached hydrogen (secondary N) is 1. The van der Waals surface area contributed by atoms with Crippen molar-refractivity contribution < 1.29 is 22.3 Å². The monoisotopic (exact) mass is 375 g/mol. The maximum atomic E-state index is 13.1. The number of hydrogen-bond acceptors (Lipinski definition) is 4. The molecular formula is C19H18FNO4S. The minimum absolute atomic E-state index is 0.0146. The van der Waals surface area contributed by atoms with Crippen molar-refractivity contribution in [2.24, 2.45) is 0 Å². The van der Waals surface area contributed by atoms with Gasteiger partial charge in [-0.05, 0) is 48.4 Å². The van der Waals surface area contributed by atoms with Gasteiger partial charge in [0.2, 0.25) is 10.0 Å². The summed E-state index contributed by atoms with van der Waals surface area (Å²) in [4.78, 5) is -0.0146. The highest BCUT2D eigenvalue weighted by atomic mass is 32.2. The number of hydrogen-bond donors (Lipinski definition) is 2. The molecule has 1 unspecified atom stereocenters. The molecule has 0 saturated heterocycles. The van der Waals surface area contributed by atoms with Crippen LogP contribution in [0.15, 0.2) is 70.2 Å². The summed E-state index contributed by atoms with van der Waals surface area (Å²) in [5, 5.41) is 10.3. The Morgan fingerprint density at radius 2 is 1.88 bits per heavy atom. The second kappa shape index (κ2) is 7.41. The summed E-state index contributed by atoms with van der Waals surface area (Å²) >= 11 is 0. The normalized spacial score (nSPS) is 12.9. The first-order valence-corrected chi connectivity index (χ1v) is 9.43. The minimum Gasteiger partial charge on any atom is -0.464 e. The third kappa shape index (κ3) is 4.01. The van der Waals surface area contributed by atoms with E-state index >= 15 is 0 Å². The third-order valence-corrected chi connectivity index (χ3v) is 5.58. The highest BCUT2D eigenvalue weighted by Gasteiger charge is 2.19. The Kier molecular flexibility index (Phi) is 5.22. The van der Waals surface area contributed by atoms with Crippen molar-refractivity contribution in [3.8, 4) is 11.3 Å². The number of aryl methyl sites for hydroxylation is 1. The standard InChI is InChI=1S/C19H18FNO4S/c1-13-11-16(20)8-9-19(13)26(23,24)21-12-17(22)14-4-6-15(7-5-14)18-3-2-10-25-18/h2-11,17,21-22H,12H2,1H3. The van der Waals surface area contributed by atoms with Gasteiger partial charge in [0.15, 0.2) is 0 Å². The van der Waals surface area contributed by atoms with E-state index in [0.29, 0.717) is 16.9 Å². The first kappa shape index (κ1) is 18.3. The second-order valence-corrected chi connectivity index (χ2v) is 7.61. The number of sulfonamides is 1. The lowest BCUT2D eigenvalue weighted by Crippen LogP contribution is -2.29. The predicted molar refractivity (Wildman–Crippen MR) is 95.4 cm³/mol. The Labute approximate surface area is 151 Å². The topological polar surface area (TPSA) is 79.5 Å². The van der Waals surface area contributed by atoms with E-state index in [0.717, 1.165) is 17.7 Å². The van der Waals surface area contributed by atoms with Crippen molar-refractivity contribution in [3.05, 3.63) is 77.8 Å². The molecule has 0 amide bonds. The van der Waals surface area contributed by atoms with Gasteiger partial charge in [-0.15, -0.1) is 0 Å². The molecule has 0 spiro atoms.